The second-order valence-corrected chi connectivity index (χ2v) is 3.43. The van der Waals surface area contributed by atoms with Gasteiger partial charge in [0.15, 0.2) is 0 Å². The zero-order valence-corrected chi connectivity index (χ0v) is 6.89. The molecule has 0 aromatic heterocycles. The SMILES string of the molecule is CSC1CC(O)N(C)C1=O. The van der Waals surface area contributed by atoms with Crippen LogP contribution in [0.4, 0.5) is 0 Å². The van der Waals surface area contributed by atoms with Crippen LogP contribution in [-0.4, -0.2) is 40.7 Å². The van der Waals surface area contributed by atoms with Crippen LogP contribution in [0.25, 0.3) is 0 Å². The Labute approximate surface area is 64.4 Å². The van der Waals surface area contributed by atoms with Crippen LogP contribution in [-0.2, 0) is 4.79 Å². The van der Waals surface area contributed by atoms with Crippen molar-refractivity contribution >= 4 is 17.7 Å². The maximum absolute atomic E-state index is 11.1. The van der Waals surface area contributed by atoms with Crippen molar-refractivity contribution < 1.29 is 9.90 Å². The van der Waals surface area contributed by atoms with Gasteiger partial charge in [-0.3, -0.25) is 4.79 Å². The number of nitrogens with zero attached hydrogens (tertiary/aromatic N) is 1. The number of carbonyl (C=O) groups excluding carboxylic acids is 1. The predicted octanol–water partition coefficient (Wildman–Crippen LogP) is -0.102. The van der Waals surface area contributed by atoms with Gasteiger partial charge >= 0.3 is 0 Å². The predicted molar refractivity (Wildman–Crippen MR) is 40.7 cm³/mol. The van der Waals surface area contributed by atoms with E-state index in [1.165, 1.54) is 16.7 Å². The van der Waals surface area contributed by atoms with Gasteiger partial charge in [-0.15, -0.1) is 0 Å². The first kappa shape index (κ1) is 7.88. The third-order valence-electron chi connectivity index (χ3n) is 1.78. The summed E-state index contributed by atoms with van der Waals surface area (Å²) >= 11 is 1.50. The summed E-state index contributed by atoms with van der Waals surface area (Å²) < 4.78 is 0. The van der Waals surface area contributed by atoms with E-state index in [9.17, 15) is 4.79 Å². The fourth-order valence-electron chi connectivity index (χ4n) is 1.02. The maximum atomic E-state index is 11.1. The van der Waals surface area contributed by atoms with E-state index in [0.717, 1.165) is 0 Å². The Kier molecular flexibility index (Phi) is 2.21. The van der Waals surface area contributed by atoms with Crippen molar-refractivity contribution in [2.24, 2.45) is 0 Å². The van der Waals surface area contributed by atoms with Crippen molar-refractivity contribution in [3.8, 4) is 0 Å². The van der Waals surface area contributed by atoms with Crippen LogP contribution < -0.4 is 0 Å². The highest BCUT2D eigenvalue weighted by atomic mass is 32.2. The summed E-state index contributed by atoms with van der Waals surface area (Å²) in [5, 5.41) is 9.13. The molecule has 1 heterocycles. The summed E-state index contributed by atoms with van der Waals surface area (Å²) in [6.45, 7) is 0. The molecule has 10 heavy (non-hydrogen) atoms. The minimum absolute atomic E-state index is 0.0278. The van der Waals surface area contributed by atoms with Crippen LogP contribution in [0.15, 0.2) is 0 Å². The van der Waals surface area contributed by atoms with Crippen LogP contribution in [0.2, 0.25) is 0 Å². The van der Waals surface area contributed by atoms with Crippen molar-refractivity contribution in [2.75, 3.05) is 13.3 Å². The Balaban J connectivity index is 2.62. The highest BCUT2D eigenvalue weighted by molar-refractivity contribution is 7.99. The van der Waals surface area contributed by atoms with Crippen LogP contribution in [0, 0.1) is 0 Å². The van der Waals surface area contributed by atoms with Gasteiger partial charge in [0.25, 0.3) is 0 Å². The summed E-state index contributed by atoms with van der Waals surface area (Å²) in [5.74, 6) is 0.0417. The molecule has 1 N–H and O–H groups in total. The highest BCUT2D eigenvalue weighted by Gasteiger charge is 2.35. The minimum atomic E-state index is -0.565. The number of aliphatic hydroxyl groups is 1. The van der Waals surface area contributed by atoms with E-state index >= 15 is 0 Å². The number of hydrogen-bond acceptors (Lipinski definition) is 3. The monoisotopic (exact) mass is 161 g/mol. The minimum Gasteiger partial charge on any atom is -0.373 e. The van der Waals surface area contributed by atoms with Gasteiger partial charge in [0.2, 0.25) is 5.91 Å². The molecule has 3 nitrogen and oxygen atoms in total. The third kappa shape index (κ3) is 1.13. The lowest BCUT2D eigenvalue weighted by Crippen LogP contribution is -2.29. The highest BCUT2D eigenvalue weighted by Crippen LogP contribution is 2.24. The van der Waals surface area contributed by atoms with Crippen molar-refractivity contribution in [3.63, 3.8) is 0 Å². The van der Waals surface area contributed by atoms with Gasteiger partial charge in [-0.25, -0.2) is 0 Å². The summed E-state index contributed by atoms with van der Waals surface area (Å²) in [6, 6.07) is 0. The Hall–Kier alpha value is -0.220. The van der Waals surface area contributed by atoms with E-state index in [0.29, 0.717) is 6.42 Å². The van der Waals surface area contributed by atoms with Crippen LogP contribution >= 0.6 is 11.8 Å². The fraction of sp³-hybridized carbons (Fsp3) is 0.833. The first-order valence-corrected chi connectivity index (χ1v) is 4.43. The van der Waals surface area contributed by atoms with E-state index in [-0.39, 0.29) is 11.2 Å². The van der Waals surface area contributed by atoms with Crippen molar-refractivity contribution in [2.45, 2.75) is 17.9 Å². The number of aliphatic hydroxyl groups excluding tert-OH is 1. The van der Waals surface area contributed by atoms with Crippen LogP contribution in [0.5, 0.6) is 0 Å². The van der Waals surface area contributed by atoms with Crippen molar-refractivity contribution in [1.82, 2.24) is 4.90 Å². The standard InChI is InChI=1S/C6H11NO2S/c1-7-5(8)3-4(10-2)6(7)9/h4-5,8H,3H2,1-2H3. The average Bonchev–Trinajstić information content (AvgIpc) is 2.17. The normalized spacial score (nSPS) is 33.5. The van der Waals surface area contributed by atoms with Gasteiger partial charge in [0.1, 0.15) is 6.23 Å². The van der Waals surface area contributed by atoms with Gasteiger partial charge in [-0.1, -0.05) is 0 Å². The largest absolute Gasteiger partial charge is 0.373 e. The Morgan fingerprint density at radius 3 is 2.60 bits per heavy atom. The molecular formula is C6H11NO2S. The van der Waals surface area contributed by atoms with Gasteiger partial charge in [-0.2, -0.15) is 11.8 Å². The Morgan fingerprint density at radius 2 is 2.40 bits per heavy atom. The number of carbonyl (C=O) groups is 1. The summed E-state index contributed by atoms with van der Waals surface area (Å²) in [6.07, 6.45) is 1.88. The fourth-order valence-corrected chi connectivity index (χ4v) is 1.75. The first-order chi connectivity index (χ1) is 4.66. The molecule has 0 bridgehead atoms. The molecule has 1 aliphatic heterocycles. The molecule has 1 saturated heterocycles. The Bertz CT molecular complexity index is 151. The van der Waals surface area contributed by atoms with E-state index in [1.54, 1.807) is 7.05 Å². The van der Waals surface area contributed by atoms with Crippen LogP contribution in [0.1, 0.15) is 6.42 Å². The number of likely N-dealkylation sites (tertiary alicyclic amines) is 1. The zero-order valence-electron chi connectivity index (χ0n) is 6.07. The third-order valence-corrected chi connectivity index (χ3v) is 2.74. The molecule has 2 atom stereocenters. The molecule has 1 amide bonds. The molecule has 0 radical (unpaired) electrons. The number of amides is 1. The molecule has 0 saturated carbocycles. The van der Waals surface area contributed by atoms with Gasteiger partial charge in [-0.05, 0) is 6.26 Å². The molecule has 0 aromatic rings. The lowest BCUT2D eigenvalue weighted by Gasteiger charge is -2.12. The molecule has 4 heteroatoms. The van der Waals surface area contributed by atoms with E-state index in [1.807, 2.05) is 6.26 Å². The number of hydrogen-bond donors (Lipinski definition) is 1. The molecular weight excluding hydrogens is 150 g/mol. The maximum Gasteiger partial charge on any atom is 0.237 e. The van der Waals surface area contributed by atoms with Gasteiger partial charge < -0.3 is 10.0 Å². The lowest BCUT2D eigenvalue weighted by atomic mass is 10.3. The first-order valence-electron chi connectivity index (χ1n) is 3.14. The number of thioether (sulfide) groups is 1. The van der Waals surface area contributed by atoms with Crippen molar-refractivity contribution in [1.29, 1.82) is 0 Å². The molecule has 1 fully saturated rings. The van der Waals surface area contributed by atoms with E-state index in [2.05, 4.69) is 0 Å². The van der Waals surface area contributed by atoms with Gasteiger partial charge in [0, 0.05) is 13.5 Å². The second kappa shape index (κ2) is 2.80. The quantitative estimate of drug-likeness (QED) is 0.583. The molecule has 1 aliphatic rings. The summed E-state index contributed by atoms with van der Waals surface area (Å²) in [7, 11) is 1.63. The van der Waals surface area contributed by atoms with Crippen LogP contribution in [0.3, 0.4) is 0 Å². The zero-order chi connectivity index (χ0) is 7.72. The topological polar surface area (TPSA) is 40.5 Å². The molecule has 58 valence electrons. The summed E-state index contributed by atoms with van der Waals surface area (Å²) in [5.41, 5.74) is 0. The molecule has 0 aliphatic carbocycles. The molecule has 1 rings (SSSR count). The molecule has 0 spiro atoms. The van der Waals surface area contributed by atoms with E-state index < -0.39 is 6.23 Å². The smallest absolute Gasteiger partial charge is 0.237 e. The molecule has 2 unspecified atom stereocenters. The summed E-state index contributed by atoms with van der Waals surface area (Å²) in [4.78, 5) is 12.5. The molecule has 0 aromatic carbocycles. The average molecular weight is 161 g/mol. The van der Waals surface area contributed by atoms with Gasteiger partial charge in [0.05, 0.1) is 5.25 Å². The van der Waals surface area contributed by atoms with E-state index in [4.69, 9.17) is 5.11 Å². The van der Waals surface area contributed by atoms with Crippen molar-refractivity contribution in [3.05, 3.63) is 0 Å². The lowest BCUT2D eigenvalue weighted by molar-refractivity contribution is -0.130. The Morgan fingerprint density at radius 1 is 1.80 bits per heavy atom. The second-order valence-electron chi connectivity index (χ2n) is 2.39. The number of rotatable bonds is 1.